The number of hydrogen-bond acceptors (Lipinski definition) is 0. The molecule has 0 rings (SSSR count). The van der Waals surface area contributed by atoms with E-state index in [1.165, 1.54) is 161 Å². The number of hydrogen-bond donors (Lipinski definition) is 0. The summed E-state index contributed by atoms with van der Waals surface area (Å²) < 4.78 is 0. The molecule has 0 heteroatoms. The largest absolute Gasteiger partial charge is 0.0654 e. The van der Waals surface area contributed by atoms with E-state index in [1.54, 1.807) is 0 Å². The summed E-state index contributed by atoms with van der Waals surface area (Å²) in [5.41, 5.74) is 0. The summed E-state index contributed by atoms with van der Waals surface area (Å²) in [4.78, 5) is 0. The van der Waals surface area contributed by atoms with Crippen molar-refractivity contribution in [1.82, 2.24) is 0 Å². The van der Waals surface area contributed by atoms with E-state index < -0.39 is 0 Å². The topological polar surface area (TPSA) is 0 Å². The molecule has 0 spiro atoms. The van der Waals surface area contributed by atoms with Crippen LogP contribution in [0.15, 0.2) is 0 Å². The Morgan fingerprint density at radius 3 is 0.806 bits per heavy atom. The molecule has 0 nitrogen and oxygen atoms in total. The van der Waals surface area contributed by atoms with Gasteiger partial charge in [0.2, 0.25) is 0 Å². The lowest BCUT2D eigenvalue weighted by atomic mass is 9.95. The van der Waals surface area contributed by atoms with Crippen LogP contribution in [0.5, 0.6) is 0 Å². The zero-order chi connectivity index (χ0) is 22.8. The molecule has 31 heavy (non-hydrogen) atoms. The maximum absolute atomic E-state index is 2.50. The predicted molar refractivity (Wildman–Crippen MR) is 145 cm³/mol. The predicted octanol–water partition coefficient (Wildman–Crippen LogP) is 12.1. The Morgan fingerprint density at radius 1 is 0.290 bits per heavy atom. The van der Waals surface area contributed by atoms with Crippen molar-refractivity contribution in [2.75, 3.05) is 0 Å². The zero-order valence-corrected chi connectivity index (χ0v) is 22.8. The van der Waals surface area contributed by atoms with E-state index >= 15 is 0 Å². The first-order valence-corrected chi connectivity index (χ1v) is 15.2. The normalized spacial score (nSPS) is 13.5. The molecule has 0 N–H and O–H groups in total. The van der Waals surface area contributed by atoms with E-state index in [-0.39, 0.29) is 0 Å². The summed E-state index contributed by atoms with van der Waals surface area (Å²) in [6, 6.07) is 0. The smallest absolute Gasteiger partial charge is 0.0443 e. The van der Waals surface area contributed by atoms with Gasteiger partial charge in [0.1, 0.15) is 0 Å². The highest BCUT2D eigenvalue weighted by Gasteiger charge is 2.03. The molecular weight excluding hydrogens is 372 g/mol. The van der Waals surface area contributed by atoms with Crippen molar-refractivity contribution < 1.29 is 0 Å². The molecule has 0 radical (unpaired) electrons. The third-order valence-electron chi connectivity index (χ3n) is 7.49. The molecule has 0 aliphatic rings. The molecule has 0 aromatic heterocycles. The monoisotopic (exact) mass is 437 g/mol. The van der Waals surface area contributed by atoms with Gasteiger partial charge in [-0.3, -0.25) is 0 Å². The number of unbranched alkanes of at least 4 members (excludes halogenated alkanes) is 18. The van der Waals surface area contributed by atoms with Crippen molar-refractivity contribution in [3.8, 4) is 0 Å². The van der Waals surface area contributed by atoms with Crippen molar-refractivity contribution in [3.63, 3.8) is 0 Å². The van der Waals surface area contributed by atoms with Gasteiger partial charge in [0, 0.05) is 0 Å². The van der Waals surface area contributed by atoms with Crippen molar-refractivity contribution in [1.29, 1.82) is 0 Å². The van der Waals surface area contributed by atoms with Gasteiger partial charge in [0.05, 0.1) is 0 Å². The number of rotatable bonds is 26. The molecule has 0 saturated heterocycles. The molecule has 188 valence electrons. The molecule has 2 atom stereocenters. The van der Waals surface area contributed by atoms with Gasteiger partial charge in [-0.25, -0.2) is 0 Å². The summed E-state index contributed by atoms with van der Waals surface area (Å²) in [6.07, 6.45) is 36.7. The minimum absolute atomic E-state index is 0.965. The average molecular weight is 437 g/mol. The Bertz CT molecular complexity index is 307. The molecular formula is C31H64. The van der Waals surface area contributed by atoms with Gasteiger partial charge < -0.3 is 0 Å². The van der Waals surface area contributed by atoms with E-state index in [0.717, 1.165) is 11.8 Å². The standard InChI is InChI=1S/C31H64/c1-5-7-9-10-11-12-14-17-21-24-28-31(4)29-25-22-19-16-13-15-18-20-23-27-30(3)26-8-6-2/h30-31H,5-29H2,1-4H3. The van der Waals surface area contributed by atoms with E-state index in [4.69, 9.17) is 0 Å². The lowest BCUT2D eigenvalue weighted by Gasteiger charge is -2.11. The second kappa shape index (κ2) is 26.3. The van der Waals surface area contributed by atoms with Gasteiger partial charge >= 0.3 is 0 Å². The van der Waals surface area contributed by atoms with E-state index in [0.29, 0.717) is 0 Å². The summed E-state index contributed by atoms with van der Waals surface area (Å²) in [6.45, 7) is 9.57. The Balaban J connectivity index is 3.18. The van der Waals surface area contributed by atoms with Gasteiger partial charge in [-0.2, -0.15) is 0 Å². The van der Waals surface area contributed by atoms with Crippen LogP contribution in [0.4, 0.5) is 0 Å². The summed E-state index contributed by atoms with van der Waals surface area (Å²) >= 11 is 0. The van der Waals surface area contributed by atoms with Crippen LogP contribution in [-0.2, 0) is 0 Å². The molecule has 0 bridgehead atoms. The fraction of sp³-hybridized carbons (Fsp3) is 1.00. The van der Waals surface area contributed by atoms with E-state index in [1.807, 2.05) is 0 Å². The molecule has 0 aromatic rings. The Labute approximate surface area is 200 Å². The van der Waals surface area contributed by atoms with Gasteiger partial charge in [-0.05, 0) is 11.8 Å². The highest BCUT2D eigenvalue weighted by atomic mass is 14.1. The van der Waals surface area contributed by atoms with Crippen LogP contribution in [0.3, 0.4) is 0 Å². The van der Waals surface area contributed by atoms with Gasteiger partial charge in [0.15, 0.2) is 0 Å². The minimum Gasteiger partial charge on any atom is -0.0654 e. The van der Waals surface area contributed by atoms with Crippen LogP contribution >= 0.6 is 0 Å². The quantitative estimate of drug-likeness (QED) is 0.118. The molecule has 0 heterocycles. The van der Waals surface area contributed by atoms with Crippen LogP contribution in [-0.4, -0.2) is 0 Å². The van der Waals surface area contributed by atoms with Crippen LogP contribution in [0.1, 0.15) is 188 Å². The van der Waals surface area contributed by atoms with Crippen LogP contribution in [0.2, 0.25) is 0 Å². The van der Waals surface area contributed by atoms with Crippen LogP contribution in [0, 0.1) is 11.8 Å². The maximum Gasteiger partial charge on any atom is -0.0443 e. The first-order valence-electron chi connectivity index (χ1n) is 15.2. The van der Waals surface area contributed by atoms with Crippen molar-refractivity contribution in [2.24, 2.45) is 11.8 Å². The molecule has 0 amide bonds. The molecule has 0 aliphatic carbocycles. The molecule has 0 aromatic carbocycles. The Kier molecular flexibility index (Phi) is 26.3. The third-order valence-corrected chi connectivity index (χ3v) is 7.49. The minimum atomic E-state index is 0.965. The van der Waals surface area contributed by atoms with Gasteiger partial charge in [-0.1, -0.05) is 188 Å². The maximum atomic E-state index is 2.50. The van der Waals surface area contributed by atoms with Crippen molar-refractivity contribution in [3.05, 3.63) is 0 Å². The van der Waals surface area contributed by atoms with Crippen molar-refractivity contribution in [2.45, 2.75) is 188 Å². The SMILES string of the molecule is CCCCCCCCCCCCC(C)CCCCCCCCCCCC(C)CCCC. The molecule has 2 unspecified atom stereocenters. The summed E-state index contributed by atoms with van der Waals surface area (Å²) in [5, 5.41) is 0. The average Bonchev–Trinajstić information content (AvgIpc) is 2.77. The Hall–Kier alpha value is 0. The highest BCUT2D eigenvalue weighted by molar-refractivity contribution is 4.57. The van der Waals surface area contributed by atoms with Crippen LogP contribution < -0.4 is 0 Å². The lowest BCUT2D eigenvalue weighted by molar-refractivity contribution is 0.427. The second-order valence-corrected chi connectivity index (χ2v) is 11.1. The highest BCUT2D eigenvalue weighted by Crippen LogP contribution is 2.20. The Morgan fingerprint density at radius 2 is 0.516 bits per heavy atom. The van der Waals surface area contributed by atoms with Gasteiger partial charge in [0.25, 0.3) is 0 Å². The van der Waals surface area contributed by atoms with Crippen molar-refractivity contribution >= 4 is 0 Å². The third kappa shape index (κ3) is 26.1. The molecule has 0 saturated carbocycles. The fourth-order valence-electron chi connectivity index (χ4n) is 5.04. The lowest BCUT2D eigenvalue weighted by Crippen LogP contribution is -1.95. The summed E-state index contributed by atoms with van der Waals surface area (Å²) in [5.74, 6) is 1.93. The summed E-state index contributed by atoms with van der Waals surface area (Å²) in [7, 11) is 0. The van der Waals surface area contributed by atoms with E-state index in [2.05, 4.69) is 27.7 Å². The molecule has 0 fully saturated rings. The zero-order valence-electron chi connectivity index (χ0n) is 22.8. The van der Waals surface area contributed by atoms with Gasteiger partial charge in [-0.15, -0.1) is 0 Å². The molecule has 0 aliphatic heterocycles. The van der Waals surface area contributed by atoms with E-state index in [9.17, 15) is 0 Å². The van der Waals surface area contributed by atoms with Crippen LogP contribution in [0.25, 0.3) is 0 Å². The fourth-order valence-corrected chi connectivity index (χ4v) is 5.04. The first-order chi connectivity index (χ1) is 15.2. The second-order valence-electron chi connectivity index (χ2n) is 11.1. The first kappa shape index (κ1) is 31.0.